The summed E-state index contributed by atoms with van der Waals surface area (Å²) in [7, 11) is 2.63. The third-order valence-corrected chi connectivity index (χ3v) is 5.57. The van der Waals surface area contributed by atoms with Gasteiger partial charge in [-0.1, -0.05) is 23.7 Å². The molecule has 1 saturated heterocycles. The Bertz CT molecular complexity index is 1050. The Balaban J connectivity index is 1.83. The number of benzene rings is 2. The van der Waals surface area contributed by atoms with Gasteiger partial charge < -0.3 is 14.2 Å². The predicted molar refractivity (Wildman–Crippen MR) is 113 cm³/mol. The number of carbonyl (C=O) groups is 3. The minimum Gasteiger partial charge on any atom is -0.493 e. The van der Waals surface area contributed by atoms with Crippen LogP contribution in [0.15, 0.2) is 41.3 Å². The van der Waals surface area contributed by atoms with Crippen LogP contribution in [0.5, 0.6) is 11.5 Å². The maximum Gasteiger partial charge on any atom is 0.325 e. The molecule has 0 bridgehead atoms. The van der Waals surface area contributed by atoms with Crippen molar-refractivity contribution in [3.05, 3.63) is 63.3 Å². The maximum absolute atomic E-state index is 14.0. The van der Waals surface area contributed by atoms with E-state index in [0.29, 0.717) is 28.8 Å². The van der Waals surface area contributed by atoms with E-state index in [1.165, 1.54) is 32.4 Å². The molecule has 7 nitrogen and oxygen atoms in total. The molecule has 0 atom stereocenters. The van der Waals surface area contributed by atoms with Crippen LogP contribution >= 0.6 is 23.4 Å². The fraction of sp³-hybridized carbons (Fsp3) is 0.190. The standard InChI is InChI=1S/C21H17ClFNO6S/c1-28-16-7-6-12(8-17(16)30-11-13-14(22)4-3-5-15(13)23)9-18-20(26)24(21(27)31-18)10-19(25)29-2/h3-9H,10-11H2,1-2H3/b18-9-. The van der Waals surface area contributed by atoms with Crippen LogP contribution in [0.25, 0.3) is 6.08 Å². The van der Waals surface area contributed by atoms with E-state index < -0.39 is 29.5 Å². The second-order valence-electron chi connectivity index (χ2n) is 6.24. The minimum absolute atomic E-state index is 0.138. The molecular formula is C21H17ClFNO6S. The lowest BCUT2D eigenvalue weighted by atomic mass is 10.1. The quantitative estimate of drug-likeness (QED) is 0.446. The molecule has 0 aromatic heterocycles. The summed E-state index contributed by atoms with van der Waals surface area (Å²) in [5.41, 5.74) is 0.736. The summed E-state index contributed by atoms with van der Waals surface area (Å²) < 4.78 is 29.5. The van der Waals surface area contributed by atoms with Crippen LogP contribution in [-0.2, 0) is 20.9 Å². The van der Waals surface area contributed by atoms with E-state index in [2.05, 4.69) is 4.74 Å². The number of esters is 1. The van der Waals surface area contributed by atoms with Crippen molar-refractivity contribution < 1.29 is 33.0 Å². The third-order valence-electron chi connectivity index (χ3n) is 4.31. The van der Waals surface area contributed by atoms with Crippen molar-refractivity contribution in [1.29, 1.82) is 0 Å². The van der Waals surface area contributed by atoms with Gasteiger partial charge in [0.25, 0.3) is 11.1 Å². The molecular weight excluding hydrogens is 449 g/mol. The van der Waals surface area contributed by atoms with Gasteiger partial charge in [-0.15, -0.1) is 0 Å². The molecule has 0 N–H and O–H groups in total. The zero-order valence-electron chi connectivity index (χ0n) is 16.5. The van der Waals surface area contributed by atoms with Crippen LogP contribution in [0.4, 0.5) is 9.18 Å². The first-order valence-electron chi connectivity index (χ1n) is 8.90. The molecule has 162 valence electrons. The Kier molecular flexibility index (Phi) is 7.19. The molecule has 3 rings (SSSR count). The molecule has 31 heavy (non-hydrogen) atoms. The second kappa shape index (κ2) is 9.84. The molecule has 0 radical (unpaired) electrons. The summed E-state index contributed by atoms with van der Waals surface area (Å²) in [6, 6.07) is 9.19. The van der Waals surface area contributed by atoms with Crippen LogP contribution in [-0.4, -0.2) is 42.8 Å². The normalized spacial score (nSPS) is 14.8. The molecule has 0 unspecified atom stereocenters. The fourth-order valence-electron chi connectivity index (χ4n) is 2.70. The molecule has 1 heterocycles. The molecule has 0 aliphatic carbocycles. The summed E-state index contributed by atoms with van der Waals surface area (Å²) >= 11 is 6.74. The van der Waals surface area contributed by atoms with Crippen molar-refractivity contribution in [2.24, 2.45) is 0 Å². The topological polar surface area (TPSA) is 82.1 Å². The van der Waals surface area contributed by atoms with Gasteiger partial charge in [0.1, 0.15) is 19.0 Å². The average Bonchev–Trinajstić information content (AvgIpc) is 3.00. The molecule has 2 amide bonds. The molecule has 1 aliphatic heterocycles. The van der Waals surface area contributed by atoms with E-state index in [4.69, 9.17) is 21.1 Å². The molecule has 1 aliphatic rings. The second-order valence-corrected chi connectivity index (χ2v) is 7.64. The van der Waals surface area contributed by atoms with E-state index in [1.54, 1.807) is 24.3 Å². The van der Waals surface area contributed by atoms with Gasteiger partial charge in [-0.3, -0.25) is 19.3 Å². The molecule has 10 heteroatoms. The SMILES string of the molecule is COC(=O)CN1C(=O)S/C(=C\c2ccc(OC)c(OCc3c(F)cccc3Cl)c2)C1=O. The third kappa shape index (κ3) is 5.18. The Hall–Kier alpha value is -3.04. The summed E-state index contributed by atoms with van der Waals surface area (Å²) in [6.45, 7) is -0.597. The Labute approximate surface area is 186 Å². The highest BCUT2D eigenvalue weighted by atomic mass is 35.5. The van der Waals surface area contributed by atoms with Crippen molar-refractivity contribution in [1.82, 2.24) is 4.90 Å². The Morgan fingerprint density at radius 3 is 2.65 bits per heavy atom. The van der Waals surface area contributed by atoms with Gasteiger partial charge in [0.2, 0.25) is 0 Å². The van der Waals surface area contributed by atoms with Gasteiger partial charge in [0, 0.05) is 5.56 Å². The van der Waals surface area contributed by atoms with E-state index in [-0.39, 0.29) is 22.1 Å². The zero-order chi connectivity index (χ0) is 22.5. The van der Waals surface area contributed by atoms with Gasteiger partial charge in [-0.2, -0.15) is 0 Å². The van der Waals surface area contributed by atoms with Crippen LogP contribution in [0, 0.1) is 5.82 Å². The number of methoxy groups -OCH3 is 2. The summed E-state index contributed by atoms with van der Waals surface area (Å²) in [5.74, 6) is -1.11. The van der Waals surface area contributed by atoms with Crippen LogP contribution in [0.1, 0.15) is 11.1 Å². The van der Waals surface area contributed by atoms with Gasteiger partial charge in [0.15, 0.2) is 11.5 Å². The predicted octanol–water partition coefficient (Wildman–Crippen LogP) is 4.28. The molecule has 2 aromatic rings. The number of amides is 2. The van der Waals surface area contributed by atoms with Crippen LogP contribution < -0.4 is 9.47 Å². The number of hydrogen-bond donors (Lipinski definition) is 0. The van der Waals surface area contributed by atoms with Crippen molar-refractivity contribution >= 4 is 46.6 Å². The van der Waals surface area contributed by atoms with Crippen LogP contribution in [0.3, 0.4) is 0 Å². The average molecular weight is 466 g/mol. The van der Waals surface area contributed by atoms with Gasteiger partial charge >= 0.3 is 5.97 Å². The lowest BCUT2D eigenvalue weighted by molar-refractivity contribution is -0.143. The first-order chi connectivity index (χ1) is 14.8. The minimum atomic E-state index is -0.699. The zero-order valence-corrected chi connectivity index (χ0v) is 18.1. The van der Waals surface area contributed by atoms with Gasteiger partial charge in [-0.25, -0.2) is 4.39 Å². The molecule has 2 aromatic carbocycles. The molecule has 0 saturated carbocycles. The number of thioether (sulfide) groups is 1. The summed E-state index contributed by atoms with van der Waals surface area (Å²) in [5, 5.41) is -0.338. The van der Waals surface area contributed by atoms with Crippen molar-refractivity contribution in [2.45, 2.75) is 6.61 Å². The number of nitrogens with zero attached hydrogens (tertiary/aromatic N) is 1. The summed E-state index contributed by atoms with van der Waals surface area (Å²) in [4.78, 5) is 36.9. The van der Waals surface area contributed by atoms with Gasteiger partial charge in [0.05, 0.1) is 24.1 Å². The highest BCUT2D eigenvalue weighted by molar-refractivity contribution is 8.18. The Morgan fingerprint density at radius 2 is 1.97 bits per heavy atom. The lowest BCUT2D eigenvalue weighted by Crippen LogP contribution is -2.34. The first-order valence-corrected chi connectivity index (χ1v) is 10.1. The largest absolute Gasteiger partial charge is 0.493 e. The monoisotopic (exact) mass is 465 g/mol. The number of carbonyl (C=O) groups excluding carboxylic acids is 3. The number of rotatable bonds is 7. The first kappa shape index (κ1) is 22.6. The number of imide groups is 1. The lowest BCUT2D eigenvalue weighted by Gasteiger charge is -2.13. The molecule has 0 spiro atoms. The van der Waals surface area contributed by atoms with E-state index in [1.807, 2.05) is 0 Å². The van der Waals surface area contributed by atoms with Crippen molar-refractivity contribution in [3.8, 4) is 11.5 Å². The smallest absolute Gasteiger partial charge is 0.325 e. The van der Waals surface area contributed by atoms with E-state index in [9.17, 15) is 18.8 Å². The van der Waals surface area contributed by atoms with E-state index >= 15 is 0 Å². The fourth-order valence-corrected chi connectivity index (χ4v) is 3.75. The number of hydrogen-bond acceptors (Lipinski definition) is 7. The van der Waals surface area contributed by atoms with E-state index in [0.717, 1.165) is 4.90 Å². The highest BCUT2D eigenvalue weighted by Crippen LogP contribution is 2.35. The summed E-state index contributed by atoms with van der Waals surface area (Å²) in [6.07, 6.45) is 1.49. The highest BCUT2D eigenvalue weighted by Gasteiger charge is 2.36. The van der Waals surface area contributed by atoms with Crippen LogP contribution in [0.2, 0.25) is 5.02 Å². The Morgan fingerprint density at radius 1 is 1.19 bits per heavy atom. The maximum atomic E-state index is 14.0. The molecule has 1 fully saturated rings. The number of halogens is 2. The van der Waals surface area contributed by atoms with Crippen molar-refractivity contribution in [2.75, 3.05) is 20.8 Å². The van der Waals surface area contributed by atoms with Gasteiger partial charge in [-0.05, 0) is 47.7 Å². The number of ether oxygens (including phenoxy) is 3. The van der Waals surface area contributed by atoms with Crippen molar-refractivity contribution in [3.63, 3.8) is 0 Å².